The fraction of sp³-hybridized carbons (Fsp3) is 0.500. The van der Waals surface area contributed by atoms with E-state index in [1.54, 1.807) is 6.26 Å². The summed E-state index contributed by atoms with van der Waals surface area (Å²) in [5, 5.41) is 10.7. The lowest BCUT2D eigenvalue weighted by Crippen LogP contribution is -2.50. The van der Waals surface area contributed by atoms with Gasteiger partial charge in [0.1, 0.15) is 0 Å². The summed E-state index contributed by atoms with van der Waals surface area (Å²) in [6, 6.07) is 4.86. The summed E-state index contributed by atoms with van der Waals surface area (Å²) < 4.78 is 38.0. The Morgan fingerprint density at radius 1 is 1.43 bits per heavy atom. The number of hydrogen-bond acceptors (Lipinski definition) is 5. The highest BCUT2D eigenvalue weighted by atomic mass is 32.2. The molecule has 1 fully saturated rings. The summed E-state index contributed by atoms with van der Waals surface area (Å²) in [7, 11) is -4.97. The van der Waals surface area contributed by atoms with Gasteiger partial charge in [-0.05, 0) is 18.9 Å². The second kappa shape index (κ2) is 5.82. The van der Waals surface area contributed by atoms with Gasteiger partial charge < -0.3 is 0 Å². The minimum atomic E-state index is -3.85. The van der Waals surface area contributed by atoms with E-state index in [9.17, 15) is 22.7 Å². The van der Waals surface area contributed by atoms with E-state index in [-0.39, 0.29) is 17.1 Å². The van der Waals surface area contributed by atoms with Crippen LogP contribution in [0.5, 0.6) is 0 Å². The molecule has 0 spiro atoms. The Morgan fingerprint density at radius 3 is 2.57 bits per heavy atom. The van der Waals surface area contributed by atoms with E-state index < -0.39 is 30.5 Å². The van der Waals surface area contributed by atoms with E-state index in [1.165, 1.54) is 18.2 Å². The van der Waals surface area contributed by atoms with Crippen LogP contribution in [0.1, 0.15) is 19.3 Å². The minimum absolute atomic E-state index is 0.0845. The van der Waals surface area contributed by atoms with Crippen molar-refractivity contribution in [3.8, 4) is 0 Å². The molecule has 116 valence electrons. The number of nitro groups is 1. The number of sulfonamides is 1. The first kappa shape index (κ1) is 16.1. The van der Waals surface area contributed by atoms with Crippen LogP contribution in [0.2, 0.25) is 0 Å². The molecule has 0 heterocycles. The molecule has 1 aromatic rings. The van der Waals surface area contributed by atoms with Crippen LogP contribution in [0, 0.1) is 10.1 Å². The van der Waals surface area contributed by atoms with E-state index >= 15 is 0 Å². The van der Waals surface area contributed by atoms with Gasteiger partial charge in [-0.3, -0.25) is 14.3 Å². The smallest absolute Gasteiger partial charge is 0.259 e. The summed E-state index contributed by atoms with van der Waals surface area (Å²) in [6.45, 7) is 0.0845. The molecular weight excluding hydrogens is 316 g/mol. The molecule has 0 saturated heterocycles. The van der Waals surface area contributed by atoms with Crippen molar-refractivity contribution in [1.29, 1.82) is 0 Å². The molecule has 1 N–H and O–H groups in total. The summed E-state index contributed by atoms with van der Waals surface area (Å²) in [5.41, 5.74) is -0.282. The Kier molecular flexibility index (Phi) is 4.45. The molecule has 0 unspecified atom stereocenters. The highest BCUT2D eigenvalue weighted by Crippen LogP contribution is 2.36. The van der Waals surface area contributed by atoms with Crippen molar-refractivity contribution in [2.24, 2.45) is 0 Å². The highest BCUT2D eigenvalue weighted by molar-refractivity contribution is 7.89. The molecule has 0 radical (unpaired) electrons. The van der Waals surface area contributed by atoms with Crippen molar-refractivity contribution >= 4 is 26.5 Å². The Bertz CT molecular complexity index is 683. The molecule has 0 bridgehead atoms. The predicted molar refractivity (Wildman–Crippen MR) is 78.9 cm³/mol. The third kappa shape index (κ3) is 3.30. The predicted octanol–water partition coefficient (Wildman–Crippen LogP) is 1.17. The Hall–Kier alpha value is -1.32. The number of nitro benzene ring substituents is 1. The van der Waals surface area contributed by atoms with Gasteiger partial charge in [0.15, 0.2) is 0 Å². The largest absolute Gasteiger partial charge is 0.270 e. The summed E-state index contributed by atoms with van der Waals surface area (Å²) in [4.78, 5) is 9.89. The topological polar surface area (TPSA) is 106 Å². The molecule has 1 aliphatic carbocycles. The monoisotopic (exact) mass is 332 g/mol. The van der Waals surface area contributed by atoms with Crippen LogP contribution in [-0.4, -0.2) is 35.1 Å². The number of nitrogens with one attached hydrogen (secondary N) is 1. The van der Waals surface area contributed by atoms with Gasteiger partial charge in [0.2, 0.25) is 10.0 Å². The maximum atomic E-state index is 12.2. The van der Waals surface area contributed by atoms with Crippen LogP contribution in [0.3, 0.4) is 0 Å². The minimum Gasteiger partial charge on any atom is -0.259 e. The van der Waals surface area contributed by atoms with Crippen molar-refractivity contribution in [2.45, 2.75) is 28.9 Å². The Balaban J connectivity index is 2.17. The van der Waals surface area contributed by atoms with Crippen LogP contribution in [-0.2, 0) is 20.8 Å². The zero-order chi connectivity index (χ0) is 15.7. The molecule has 9 heteroatoms. The van der Waals surface area contributed by atoms with Gasteiger partial charge >= 0.3 is 0 Å². The van der Waals surface area contributed by atoms with Gasteiger partial charge in [-0.15, -0.1) is 0 Å². The van der Waals surface area contributed by atoms with E-state index in [0.717, 1.165) is 12.5 Å². The first-order valence-electron chi connectivity index (χ1n) is 6.34. The average Bonchev–Trinajstić information content (AvgIpc) is 2.37. The second-order valence-corrected chi connectivity index (χ2v) is 8.61. The lowest BCUT2D eigenvalue weighted by Gasteiger charge is -2.39. The summed E-state index contributed by atoms with van der Waals surface area (Å²) >= 11 is 0. The SMILES string of the molecule is C[S@](=O)C1(CNS(=O)(=O)c2cccc([N+](=O)[O-])c2)CCC1. The second-order valence-electron chi connectivity index (χ2n) is 5.07. The standard InChI is InChI=1S/C12H16N2O5S2/c1-20(17)12(6-3-7-12)9-13-21(18,19)11-5-2-4-10(8-11)14(15)16/h2,4-5,8,13H,3,6-7,9H2,1H3/t20-/m0/s1. The Labute approximate surface area is 125 Å². The molecular formula is C12H16N2O5S2. The molecule has 2 rings (SSSR count). The fourth-order valence-electron chi connectivity index (χ4n) is 2.21. The van der Waals surface area contributed by atoms with Crippen molar-refractivity contribution in [2.75, 3.05) is 12.8 Å². The number of non-ortho nitro benzene ring substituents is 1. The zero-order valence-electron chi connectivity index (χ0n) is 11.4. The molecule has 1 atom stereocenters. The Morgan fingerprint density at radius 2 is 2.10 bits per heavy atom. The maximum Gasteiger partial charge on any atom is 0.270 e. The van der Waals surface area contributed by atoms with Crippen molar-refractivity contribution in [3.05, 3.63) is 34.4 Å². The lowest BCUT2D eigenvalue weighted by molar-refractivity contribution is -0.385. The van der Waals surface area contributed by atoms with Crippen LogP contribution < -0.4 is 4.72 Å². The lowest BCUT2D eigenvalue weighted by atomic mass is 9.84. The number of rotatable bonds is 6. The molecule has 0 amide bonds. The third-order valence-electron chi connectivity index (χ3n) is 3.80. The molecule has 1 aliphatic rings. The summed E-state index contributed by atoms with van der Waals surface area (Å²) in [5.74, 6) is 0. The van der Waals surface area contributed by atoms with Gasteiger partial charge in [0.05, 0.1) is 14.6 Å². The van der Waals surface area contributed by atoms with Crippen LogP contribution in [0.15, 0.2) is 29.2 Å². The van der Waals surface area contributed by atoms with Crippen molar-refractivity contribution in [3.63, 3.8) is 0 Å². The van der Waals surface area contributed by atoms with Gasteiger partial charge in [-0.1, -0.05) is 12.5 Å². The van der Waals surface area contributed by atoms with Gasteiger partial charge in [0, 0.05) is 35.7 Å². The van der Waals surface area contributed by atoms with Crippen molar-refractivity contribution in [1.82, 2.24) is 4.72 Å². The van der Waals surface area contributed by atoms with E-state index in [0.29, 0.717) is 12.8 Å². The van der Waals surface area contributed by atoms with Gasteiger partial charge in [-0.25, -0.2) is 13.1 Å². The molecule has 0 aromatic heterocycles. The third-order valence-corrected chi connectivity index (χ3v) is 6.97. The van der Waals surface area contributed by atoms with E-state index in [2.05, 4.69) is 4.72 Å². The van der Waals surface area contributed by atoms with Crippen LogP contribution in [0.25, 0.3) is 0 Å². The van der Waals surface area contributed by atoms with E-state index in [1.807, 2.05) is 0 Å². The number of nitrogens with zero attached hydrogens (tertiary/aromatic N) is 1. The van der Waals surface area contributed by atoms with Crippen LogP contribution >= 0.6 is 0 Å². The molecule has 0 aliphatic heterocycles. The number of hydrogen-bond donors (Lipinski definition) is 1. The van der Waals surface area contributed by atoms with E-state index in [4.69, 9.17) is 0 Å². The highest BCUT2D eigenvalue weighted by Gasteiger charge is 2.41. The molecule has 1 saturated carbocycles. The summed E-state index contributed by atoms with van der Waals surface area (Å²) in [6.07, 6.45) is 3.93. The fourth-order valence-corrected chi connectivity index (χ4v) is 4.61. The van der Waals surface area contributed by atoms with Crippen LogP contribution in [0.4, 0.5) is 5.69 Å². The molecule has 7 nitrogen and oxygen atoms in total. The number of benzene rings is 1. The quantitative estimate of drug-likeness (QED) is 0.622. The van der Waals surface area contributed by atoms with Gasteiger partial charge in [0.25, 0.3) is 5.69 Å². The maximum absolute atomic E-state index is 12.2. The first-order chi connectivity index (χ1) is 9.77. The van der Waals surface area contributed by atoms with Gasteiger partial charge in [-0.2, -0.15) is 0 Å². The normalized spacial score (nSPS) is 18.7. The molecule has 1 aromatic carbocycles. The first-order valence-corrected chi connectivity index (χ1v) is 9.39. The average molecular weight is 332 g/mol. The molecule has 21 heavy (non-hydrogen) atoms. The van der Waals surface area contributed by atoms with Crippen molar-refractivity contribution < 1.29 is 17.6 Å². The zero-order valence-corrected chi connectivity index (χ0v) is 13.1.